The van der Waals surface area contributed by atoms with Crippen LogP contribution in [-0.2, 0) is 20.0 Å². The average Bonchev–Trinajstić information content (AvgIpc) is 2.96. The Kier molecular flexibility index (Phi) is 3.44. The van der Waals surface area contributed by atoms with Crippen molar-refractivity contribution in [2.45, 2.75) is 19.9 Å². The van der Waals surface area contributed by atoms with E-state index in [1.165, 1.54) is 0 Å². The summed E-state index contributed by atoms with van der Waals surface area (Å²) in [5.74, 6) is 1.52. The van der Waals surface area contributed by atoms with Crippen molar-refractivity contribution in [3.05, 3.63) is 41.6 Å². The third kappa shape index (κ3) is 2.29. The summed E-state index contributed by atoms with van der Waals surface area (Å²) in [7, 11) is 1.94. The molecule has 0 fully saturated rings. The fourth-order valence-electron chi connectivity index (χ4n) is 2.30. The minimum atomic E-state index is 0.549. The summed E-state index contributed by atoms with van der Waals surface area (Å²) in [6.45, 7) is 2.69. The number of pyridine rings is 1. The minimum absolute atomic E-state index is 0.549. The van der Waals surface area contributed by atoms with E-state index in [0.29, 0.717) is 12.4 Å². The van der Waals surface area contributed by atoms with Crippen LogP contribution in [0, 0.1) is 6.92 Å². The SMILES string of the molecule is Cc1ccc2nc(CCCl)n(Cc3ccnn3C)c2n1. The Labute approximate surface area is 122 Å². The zero-order valence-corrected chi connectivity index (χ0v) is 12.3. The predicted molar refractivity (Wildman–Crippen MR) is 79.0 cm³/mol. The molecule has 3 heterocycles. The highest BCUT2D eigenvalue weighted by atomic mass is 35.5. The molecule has 5 nitrogen and oxygen atoms in total. The van der Waals surface area contributed by atoms with Crippen LogP contribution in [0.1, 0.15) is 17.2 Å². The van der Waals surface area contributed by atoms with Crippen LogP contribution < -0.4 is 0 Å². The van der Waals surface area contributed by atoms with Gasteiger partial charge in [0, 0.05) is 31.2 Å². The van der Waals surface area contributed by atoms with E-state index in [0.717, 1.165) is 34.8 Å². The second-order valence-electron chi connectivity index (χ2n) is 4.79. The van der Waals surface area contributed by atoms with Crippen LogP contribution >= 0.6 is 11.6 Å². The first-order valence-electron chi connectivity index (χ1n) is 6.54. The van der Waals surface area contributed by atoms with Gasteiger partial charge in [0.25, 0.3) is 0 Å². The molecule has 3 aromatic rings. The predicted octanol–water partition coefficient (Wildman–Crippen LogP) is 2.30. The number of rotatable bonds is 4. The van der Waals surface area contributed by atoms with Crippen molar-refractivity contribution in [2.75, 3.05) is 5.88 Å². The maximum Gasteiger partial charge on any atom is 0.160 e. The van der Waals surface area contributed by atoms with Gasteiger partial charge in [-0.25, -0.2) is 9.97 Å². The van der Waals surface area contributed by atoms with Crippen LogP contribution in [0.4, 0.5) is 0 Å². The van der Waals surface area contributed by atoms with E-state index < -0.39 is 0 Å². The number of fused-ring (bicyclic) bond motifs is 1. The molecule has 0 spiro atoms. The van der Waals surface area contributed by atoms with Gasteiger partial charge in [-0.2, -0.15) is 5.10 Å². The first kappa shape index (κ1) is 13.1. The van der Waals surface area contributed by atoms with Crippen molar-refractivity contribution in [2.24, 2.45) is 7.05 Å². The van der Waals surface area contributed by atoms with Crippen LogP contribution in [0.3, 0.4) is 0 Å². The van der Waals surface area contributed by atoms with E-state index in [4.69, 9.17) is 11.6 Å². The first-order chi connectivity index (χ1) is 9.69. The van der Waals surface area contributed by atoms with Crippen molar-refractivity contribution in [3.8, 4) is 0 Å². The van der Waals surface area contributed by atoms with Crippen LogP contribution in [-0.4, -0.2) is 30.2 Å². The molecule has 104 valence electrons. The molecule has 0 radical (unpaired) electrons. The van der Waals surface area contributed by atoms with E-state index in [1.54, 1.807) is 6.20 Å². The molecule has 0 bridgehead atoms. The maximum absolute atomic E-state index is 5.89. The van der Waals surface area contributed by atoms with Gasteiger partial charge in [-0.3, -0.25) is 4.68 Å². The lowest BCUT2D eigenvalue weighted by molar-refractivity contribution is 0.654. The highest BCUT2D eigenvalue weighted by molar-refractivity contribution is 6.17. The first-order valence-corrected chi connectivity index (χ1v) is 7.08. The van der Waals surface area contributed by atoms with Gasteiger partial charge >= 0.3 is 0 Å². The number of hydrogen-bond donors (Lipinski definition) is 0. The molecule has 0 saturated carbocycles. The second-order valence-corrected chi connectivity index (χ2v) is 5.17. The molecule has 3 rings (SSSR count). The molecular formula is C14H16ClN5. The molecule has 0 amide bonds. The fourth-order valence-corrected chi connectivity index (χ4v) is 2.47. The molecule has 20 heavy (non-hydrogen) atoms. The summed E-state index contributed by atoms with van der Waals surface area (Å²) < 4.78 is 3.99. The Morgan fingerprint density at radius 1 is 1.20 bits per heavy atom. The molecule has 3 aromatic heterocycles. The summed E-state index contributed by atoms with van der Waals surface area (Å²) in [6, 6.07) is 6.00. The highest BCUT2D eigenvalue weighted by Crippen LogP contribution is 2.17. The zero-order chi connectivity index (χ0) is 14.1. The fraction of sp³-hybridized carbons (Fsp3) is 0.357. The monoisotopic (exact) mass is 289 g/mol. The van der Waals surface area contributed by atoms with Gasteiger partial charge in [-0.05, 0) is 25.1 Å². The summed E-state index contributed by atoms with van der Waals surface area (Å²) >= 11 is 5.89. The van der Waals surface area contributed by atoms with Gasteiger partial charge in [0.1, 0.15) is 11.3 Å². The third-order valence-corrected chi connectivity index (χ3v) is 3.56. The molecule has 0 saturated heterocycles. The van der Waals surface area contributed by atoms with E-state index in [1.807, 2.05) is 36.9 Å². The van der Waals surface area contributed by atoms with E-state index >= 15 is 0 Å². The molecule has 0 aromatic carbocycles. The Bertz CT molecular complexity index is 743. The molecule has 0 atom stereocenters. The quantitative estimate of drug-likeness (QED) is 0.693. The summed E-state index contributed by atoms with van der Waals surface area (Å²) in [4.78, 5) is 9.26. The molecule has 0 N–H and O–H groups in total. The molecule has 6 heteroatoms. The van der Waals surface area contributed by atoms with Crippen molar-refractivity contribution in [1.29, 1.82) is 0 Å². The largest absolute Gasteiger partial charge is 0.307 e. The molecule has 0 aliphatic heterocycles. The zero-order valence-electron chi connectivity index (χ0n) is 11.5. The standard InChI is InChI=1S/C14H16ClN5/c1-10-3-4-12-14(17-10)20(13(18-12)5-7-15)9-11-6-8-16-19(11)2/h3-4,6,8H,5,7,9H2,1-2H3. The van der Waals surface area contributed by atoms with Gasteiger partial charge in [0.2, 0.25) is 0 Å². The lowest BCUT2D eigenvalue weighted by atomic mass is 10.3. The van der Waals surface area contributed by atoms with Gasteiger partial charge < -0.3 is 4.57 Å². The van der Waals surface area contributed by atoms with E-state index in [-0.39, 0.29) is 0 Å². The van der Waals surface area contributed by atoms with Crippen molar-refractivity contribution >= 4 is 22.8 Å². The van der Waals surface area contributed by atoms with Gasteiger partial charge in [-0.15, -0.1) is 11.6 Å². The Balaban J connectivity index is 2.12. The van der Waals surface area contributed by atoms with Gasteiger partial charge in [0.05, 0.1) is 12.2 Å². The molecule has 0 aliphatic carbocycles. The Hall–Kier alpha value is -1.88. The summed E-state index contributed by atoms with van der Waals surface area (Å²) in [6.07, 6.45) is 2.53. The Morgan fingerprint density at radius 2 is 2.05 bits per heavy atom. The third-order valence-electron chi connectivity index (χ3n) is 3.37. The van der Waals surface area contributed by atoms with Crippen molar-refractivity contribution in [3.63, 3.8) is 0 Å². The van der Waals surface area contributed by atoms with Gasteiger partial charge in [-0.1, -0.05) is 0 Å². The number of alkyl halides is 1. The molecule has 0 aliphatic rings. The van der Waals surface area contributed by atoms with Crippen LogP contribution in [0.2, 0.25) is 0 Å². The van der Waals surface area contributed by atoms with Crippen LogP contribution in [0.15, 0.2) is 24.4 Å². The van der Waals surface area contributed by atoms with Gasteiger partial charge in [0.15, 0.2) is 5.65 Å². The summed E-state index contributed by atoms with van der Waals surface area (Å²) in [5.41, 5.74) is 3.92. The number of halogens is 1. The molecule has 0 unspecified atom stereocenters. The Morgan fingerprint density at radius 3 is 2.75 bits per heavy atom. The average molecular weight is 290 g/mol. The van der Waals surface area contributed by atoms with Crippen LogP contribution in [0.5, 0.6) is 0 Å². The topological polar surface area (TPSA) is 48.5 Å². The molecular weight excluding hydrogens is 274 g/mol. The number of nitrogens with zero attached hydrogens (tertiary/aromatic N) is 5. The highest BCUT2D eigenvalue weighted by Gasteiger charge is 2.13. The van der Waals surface area contributed by atoms with Crippen molar-refractivity contribution < 1.29 is 0 Å². The number of aromatic nitrogens is 5. The smallest absolute Gasteiger partial charge is 0.160 e. The lowest BCUT2D eigenvalue weighted by Gasteiger charge is -2.08. The maximum atomic E-state index is 5.89. The number of hydrogen-bond acceptors (Lipinski definition) is 3. The van der Waals surface area contributed by atoms with E-state index in [2.05, 4.69) is 19.6 Å². The summed E-state index contributed by atoms with van der Waals surface area (Å²) in [5, 5.41) is 4.21. The normalized spacial score (nSPS) is 11.3. The minimum Gasteiger partial charge on any atom is -0.307 e. The van der Waals surface area contributed by atoms with Crippen LogP contribution in [0.25, 0.3) is 11.2 Å². The van der Waals surface area contributed by atoms with Crippen molar-refractivity contribution in [1.82, 2.24) is 24.3 Å². The number of aryl methyl sites for hydroxylation is 3. The second kappa shape index (κ2) is 5.25. The lowest BCUT2D eigenvalue weighted by Crippen LogP contribution is -2.10. The number of imidazole rings is 1. The van der Waals surface area contributed by atoms with E-state index in [9.17, 15) is 0 Å².